The summed E-state index contributed by atoms with van der Waals surface area (Å²) in [5.41, 5.74) is 6.74. The van der Waals surface area contributed by atoms with Crippen LogP contribution in [0.1, 0.15) is 38.2 Å². The van der Waals surface area contributed by atoms with Crippen molar-refractivity contribution in [1.82, 2.24) is 0 Å². The summed E-state index contributed by atoms with van der Waals surface area (Å²) in [6.07, 6.45) is 0. The molecule has 0 amide bonds. The average molecular weight is 400 g/mol. The van der Waals surface area contributed by atoms with Gasteiger partial charge in [0.2, 0.25) is 0 Å². The SMILES string of the molecule is Cc1cc(C)c(C)c(C(Br)c2cccc(Br)c2F)c1C. The minimum atomic E-state index is -0.202. The Labute approximate surface area is 136 Å². The molecular weight excluding hydrogens is 383 g/mol. The highest BCUT2D eigenvalue weighted by Crippen LogP contribution is 2.39. The molecule has 1 atom stereocenters. The third kappa shape index (κ3) is 2.71. The summed E-state index contributed by atoms with van der Waals surface area (Å²) in [4.78, 5) is -0.140. The maximum atomic E-state index is 14.3. The van der Waals surface area contributed by atoms with Gasteiger partial charge >= 0.3 is 0 Å². The van der Waals surface area contributed by atoms with E-state index in [0.717, 1.165) is 0 Å². The lowest BCUT2D eigenvalue weighted by molar-refractivity contribution is 0.606. The van der Waals surface area contributed by atoms with Gasteiger partial charge in [-0.3, -0.25) is 0 Å². The van der Waals surface area contributed by atoms with E-state index in [-0.39, 0.29) is 10.6 Å². The molecule has 0 nitrogen and oxygen atoms in total. The number of aryl methyl sites for hydroxylation is 2. The molecule has 2 rings (SSSR count). The standard InChI is InChI=1S/C17H17Br2F/c1-9-8-10(2)12(4)15(11(9)3)16(19)13-6-5-7-14(18)17(13)20/h5-8,16H,1-4H3. The van der Waals surface area contributed by atoms with Gasteiger partial charge in [-0.25, -0.2) is 4.39 Å². The van der Waals surface area contributed by atoms with Crippen LogP contribution in [0.3, 0.4) is 0 Å². The van der Waals surface area contributed by atoms with Gasteiger partial charge in [-0.05, 0) is 77.5 Å². The number of alkyl halides is 1. The highest BCUT2D eigenvalue weighted by Gasteiger charge is 2.21. The summed E-state index contributed by atoms with van der Waals surface area (Å²) in [7, 11) is 0. The van der Waals surface area contributed by atoms with Crippen molar-refractivity contribution >= 4 is 31.9 Å². The fraction of sp³-hybridized carbons (Fsp3) is 0.294. The molecule has 0 aromatic heterocycles. The van der Waals surface area contributed by atoms with Gasteiger partial charge in [0, 0.05) is 5.56 Å². The Morgan fingerprint density at radius 1 is 1.00 bits per heavy atom. The zero-order valence-corrected chi connectivity index (χ0v) is 15.2. The van der Waals surface area contributed by atoms with Crippen LogP contribution in [0.2, 0.25) is 0 Å². The molecule has 3 heteroatoms. The molecule has 0 spiro atoms. The molecule has 0 bridgehead atoms. The number of halogens is 3. The van der Waals surface area contributed by atoms with Crippen molar-refractivity contribution in [3.8, 4) is 0 Å². The van der Waals surface area contributed by atoms with Crippen LogP contribution in [0.25, 0.3) is 0 Å². The lowest BCUT2D eigenvalue weighted by Crippen LogP contribution is -2.05. The second-order valence-electron chi connectivity index (χ2n) is 5.18. The van der Waals surface area contributed by atoms with Gasteiger partial charge in [-0.1, -0.05) is 34.1 Å². The van der Waals surface area contributed by atoms with Crippen LogP contribution in [0, 0.1) is 33.5 Å². The summed E-state index contributed by atoms with van der Waals surface area (Å²) in [5, 5.41) is 0. The zero-order chi connectivity index (χ0) is 15.0. The quantitative estimate of drug-likeness (QED) is 0.519. The Bertz CT molecular complexity index is 636. The van der Waals surface area contributed by atoms with E-state index in [0.29, 0.717) is 10.0 Å². The minimum absolute atomic E-state index is 0.140. The van der Waals surface area contributed by atoms with Crippen molar-refractivity contribution in [1.29, 1.82) is 0 Å². The molecule has 0 fully saturated rings. The van der Waals surface area contributed by atoms with Crippen LogP contribution in [0.15, 0.2) is 28.7 Å². The van der Waals surface area contributed by atoms with Crippen LogP contribution in [0.5, 0.6) is 0 Å². The van der Waals surface area contributed by atoms with Crippen LogP contribution in [-0.4, -0.2) is 0 Å². The normalized spacial score (nSPS) is 12.6. The predicted octanol–water partition coefficient (Wildman–Crippen LogP) is 6.31. The van der Waals surface area contributed by atoms with E-state index < -0.39 is 0 Å². The van der Waals surface area contributed by atoms with Crippen LogP contribution in [0.4, 0.5) is 4.39 Å². The van der Waals surface area contributed by atoms with Crippen molar-refractivity contribution < 1.29 is 4.39 Å². The highest BCUT2D eigenvalue weighted by molar-refractivity contribution is 9.10. The summed E-state index contributed by atoms with van der Waals surface area (Å²) in [6.45, 7) is 8.40. The predicted molar refractivity (Wildman–Crippen MR) is 90.3 cm³/mol. The van der Waals surface area contributed by atoms with Gasteiger partial charge in [0.1, 0.15) is 5.82 Å². The maximum absolute atomic E-state index is 14.3. The second-order valence-corrected chi connectivity index (χ2v) is 6.95. The third-order valence-corrected chi connectivity index (χ3v) is 5.50. The smallest absolute Gasteiger partial charge is 0.142 e. The summed E-state index contributed by atoms with van der Waals surface area (Å²) >= 11 is 6.95. The molecule has 0 radical (unpaired) electrons. The maximum Gasteiger partial charge on any atom is 0.142 e. The molecule has 2 aromatic carbocycles. The van der Waals surface area contributed by atoms with E-state index in [4.69, 9.17) is 0 Å². The largest absolute Gasteiger partial charge is 0.205 e. The van der Waals surface area contributed by atoms with E-state index in [1.54, 1.807) is 6.07 Å². The third-order valence-electron chi connectivity index (χ3n) is 3.93. The molecule has 0 aliphatic rings. The van der Waals surface area contributed by atoms with Crippen LogP contribution >= 0.6 is 31.9 Å². The number of hydrogen-bond acceptors (Lipinski definition) is 0. The highest BCUT2D eigenvalue weighted by atomic mass is 79.9. The van der Waals surface area contributed by atoms with Crippen molar-refractivity contribution in [2.24, 2.45) is 0 Å². The molecule has 0 saturated carbocycles. The van der Waals surface area contributed by atoms with Crippen molar-refractivity contribution in [3.63, 3.8) is 0 Å². The van der Waals surface area contributed by atoms with Crippen molar-refractivity contribution in [2.45, 2.75) is 32.5 Å². The van der Waals surface area contributed by atoms with Crippen LogP contribution in [-0.2, 0) is 0 Å². The molecule has 0 N–H and O–H groups in total. The molecule has 0 aliphatic carbocycles. The fourth-order valence-corrected chi connectivity index (χ4v) is 3.92. The molecule has 0 heterocycles. The summed E-state index contributed by atoms with van der Waals surface area (Å²) < 4.78 is 14.8. The minimum Gasteiger partial charge on any atom is -0.205 e. The molecule has 0 aliphatic heterocycles. The molecule has 1 unspecified atom stereocenters. The molecule has 0 saturated heterocycles. The van der Waals surface area contributed by atoms with E-state index in [1.165, 1.54) is 27.8 Å². The Balaban J connectivity index is 2.65. The van der Waals surface area contributed by atoms with Gasteiger partial charge in [-0.15, -0.1) is 0 Å². The first kappa shape index (κ1) is 15.7. The number of rotatable bonds is 2. The molecule has 20 heavy (non-hydrogen) atoms. The average Bonchev–Trinajstić information content (AvgIpc) is 2.40. The Morgan fingerprint density at radius 2 is 1.55 bits per heavy atom. The molecule has 106 valence electrons. The lowest BCUT2D eigenvalue weighted by Gasteiger charge is -2.21. The Kier molecular flexibility index (Phi) is 4.70. The number of hydrogen-bond donors (Lipinski definition) is 0. The van der Waals surface area contributed by atoms with Crippen molar-refractivity contribution in [3.05, 3.63) is 67.9 Å². The Morgan fingerprint density at radius 3 is 2.10 bits per heavy atom. The second kappa shape index (κ2) is 5.98. The van der Waals surface area contributed by atoms with Gasteiger partial charge in [0.15, 0.2) is 0 Å². The summed E-state index contributed by atoms with van der Waals surface area (Å²) in [5.74, 6) is -0.202. The van der Waals surface area contributed by atoms with E-state index in [1.807, 2.05) is 12.1 Å². The zero-order valence-electron chi connectivity index (χ0n) is 12.0. The lowest BCUT2D eigenvalue weighted by atomic mass is 9.90. The van der Waals surface area contributed by atoms with Crippen molar-refractivity contribution in [2.75, 3.05) is 0 Å². The van der Waals surface area contributed by atoms with E-state index in [9.17, 15) is 4.39 Å². The van der Waals surface area contributed by atoms with E-state index >= 15 is 0 Å². The molecular formula is C17H17Br2F. The topological polar surface area (TPSA) is 0 Å². The molecule has 2 aromatic rings. The first-order chi connectivity index (χ1) is 9.34. The van der Waals surface area contributed by atoms with Gasteiger partial charge in [-0.2, -0.15) is 0 Å². The van der Waals surface area contributed by atoms with Crippen LogP contribution < -0.4 is 0 Å². The monoisotopic (exact) mass is 398 g/mol. The fourth-order valence-electron chi connectivity index (χ4n) is 2.50. The first-order valence-corrected chi connectivity index (χ1v) is 8.20. The van der Waals surface area contributed by atoms with Gasteiger partial charge in [0.25, 0.3) is 0 Å². The van der Waals surface area contributed by atoms with Gasteiger partial charge in [0.05, 0.1) is 9.30 Å². The first-order valence-electron chi connectivity index (χ1n) is 6.49. The summed E-state index contributed by atoms with van der Waals surface area (Å²) in [6, 6.07) is 7.60. The van der Waals surface area contributed by atoms with Gasteiger partial charge < -0.3 is 0 Å². The van der Waals surface area contributed by atoms with E-state index in [2.05, 4.69) is 65.6 Å². The number of benzene rings is 2. The Hall–Kier alpha value is -0.670.